The maximum atomic E-state index is 10.9. The molecule has 74 valence electrons. The fraction of sp³-hybridized carbons (Fsp3) is 0.556. The molecule has 0 spiro atoms. The number of hydrogen-bond donors (Lipinski definition) is 0. The molecule has 0 fully saturated rings. The van der Waals surface area contributed by atoms with Crippen LogP contribution in [0.1, 0.15) is 13.8 Å². The van der Waals surface area contributed by atoms with E-state index in [-0.39, 0.29) is 24.6 Å². The average Bonchev–Trinajstić information content (AvgIpc) is 2.04. The van der Waals surface area contributed by atoms with Crippen molar-refractivity contribution in [1.82, 2.24) is 0 Å². The SMILES string of the molecule is C=C(COCC(C)=O)C(=O)OCC. The predicted octanol–water partition coefficient (Wildman–Crippen LogP) is 0.711. The smallest absolute Gasteiger partial charge is 0.335 e. The molecule has 0 aliphatic rings. The van der Waals surface area contributed by atoms with Crippen LogP contribution >= 0.6 is 0 Å². The van der Waals surface area contributed by atoms with Crippen molar-refractivity contribution >= 4 is 11.8 Å². The van der Waals surface area contributed by atoms with E-state index in [2.05, 4.69) is 11.3 Å². The molecule has 0 atom stereocenters. The maximum Gasteiger partial charge on any atom is 0.335 e. The molecule has 0 N–H and O–H groups in total. The van der Waals surface area contributed by atoms with E-state index in [4.69, 9.17) is 4.74 Å². The summed E-state index contributed by atoms with van der Waals surface area (Å²) in [6, 6.07) is 0. The van der Waals surface area contributed by atoms with E-state index in [0.29, 0.717) is 6.61 Å². The second kappa shape index (κ2) is 6.37. The number of Topliss-reactive ketones (excluding diaryl/α,β-unsaturated/α-hetero) is 1. The zero-order valence-corrected chi connectivity index (χ0v) is 7.96. The van der Waals surface area contributed by atoms with Crippen molar-refractivity contribution in [2.75, 3.05) is 19.8 Å². The summed E-state index contributed by atoms with van der Waals surface area (Å²) in [7, 11) is 0. The molecular formula is C9H14O4. The Kier molecular flexibility index (Phi) is 5.80. The highest BCUT2D eigenvalue weighted by molar-refractivity contribution is 5.88. The maximum absolute atomic E-state index is 10.9. The van der Waals surface area contributed by atoms with Crippen LogP contribution < -0.4 is 0 Å². The van der Waals surface area contributed by atoms with E-state index in [1.165, 1.54) is 6.92 Å². The molecule has 0 aromatic carbocycles. The summed E-state index contributed by atoms with van der Waals surface area (Å²) in [5, 5.41) is 0. The Balaban J connectivity index is 3.62. The van der Waals surface area contributed by atoms with Gasteiger partial charge in [0.2, 0.25) is 0 Å². The van der Waals surface area contributed by atoms with E-state index < -0.39 is 5.97 Å². The van der Waals surface area contributed by atoms with Gasteiger partial charge >= 0.3 is 5.97 Å². The van der Waals surface area contributed by atoms with Crippen molar-refractivity contribution in [3.63, 3.8) is 0 Å². The fourth-order valence-electron chi connectivity index (χ4n) is 0.610. The van der Waals surface area contributed by atoms with Gasteiger partial charge in [-0.25, -0.2) is 4.79 Å². The van der Waals surface area contributed by atoms with E-state index in [1.54, 1.807) is 6.92 Å². The van der Waals surface area contributed by atoms with Crippen LogP contribution in [0.15, 0.2) is 12.2 Å². The molecular weight excluding hydrogens is 172 g/mol. The van der Waals surface area contributed by atoms with Crippen molar-refractivity contribution in [2.45, 2.75) is 13.8 Å². The third-order valence-electron chi connectivity index (χ3n) is 1.15. The normalized spacial score (nSPS) is 9.38. The van der Waals surface area contributed by atoms with Crippen molar-refractivity contribution in [2.24, 2.45) is 0 Å². The summed E-state index contributed by atoms with van der Waals surface area (Å²) in [5.74, 6) is -0.567. The van der Waals surface area contributed by atoms with Crippen LogP contribution in [0.25, 0.3) is 0 Å². The molecule has 0 saturated carbocycles. The Labute approximate surface area is 77.5 Å². The van der Waals surface area contributed by atoms with Gasteiger partial charge in [0.15, 0.2) is 5.78 Å². The monoisotopic (exact) mass is 186 g/mol. The van der Waals surface area contributed by atoms with Gasteiger partial charge in [-0.2, -0.15) is 0 Å². The molecule has 0 unspecified atom stereocenters. The summed E-state index contributed by atoms with van der Waals surface area (Å²) < 4.78 is 9.53. The summed E-state index contributed by atoms with van der Waals surface area (Å²) in [4.78, 5) is 21.4. The lowest BCUT2D eigenvalue weighted by Crippen LogP contribution is -2.13. The number of ether oxygens (including phenoxy) is 2. The van der Waals surface area contributed by atoms with Crippen LogP contribution in [-0.2, 0) is 19.1 Å². The second-order valence-corrected chi connectivity index (χ2v) is 2.52. The molecule has 0 rings (SSSR count). The summed E-state index contributed by atoms with van der Waals surface area (Å²) in [6.07, 6.45) is 0. The Bertz CT molecular complexity index is 208. The van der Waals surface area contributed by atoms with Crippen molar-refractivity contribution in [3.05, 3.63) is 12.2 Å². The van der Waals surface area contributed by atoms with Crippen LogP contribution in [0.3, 0.4) is 0 Å². The molecule has 0 aliphatic heterocycles. The van der Waals surface area contributed by atoms with Crippen molar-refractivity contribution in [3.8, 4) is 0 Å². The van der Waals surface area contributed by atoms with Gasteiger partial charge in [-0.1, -0.05) is 6.58 Å². The molecule has 0 radical (unpaired) electrons. The Morgan fingerprint density at radius 3 is 2.38 bits per heavy atom. The van der Waals surface area contributed by atoms with Gasteiger partial charge in [0.25, 0.3) is 0 Å². The number of hydrogen-bond acceptors (Lipinski definition) is 4. The lowest BCUT2D eigenvalue weighted by molar-refractivity contribution is -0.139. The third kappa shape index (κ3) is 6.04. The molecule has 0 saturated heterocycles. The molecule has 13 heavy (non-hydrogen) atoms. The fourth-order valence-corrected chi connectivity index (χ4v) is 0.610. The van der Waals surface area contributed by atoms with Crippen LogP contribution in [0.5, 0.6) is 0 Å². The Morgan fingerprint density at radius 1 is 1.31 bits per heavy atom. The number of rotatable bonds is 6. The zero-order valence-electron chi connectivity index (χ0n) is 7.96. The van der Waals surface area contributed by atoms with Crippen LogP contribution in [0, 0.1) is 0 Å². The van der Waals surface area contributed by atoms with Crippen molar-refractivity contribution < 1.29 is 19.1 Å². The topological polar surface area (TPSA) is 52.6 Å². The number of carbonyl (C=O) groups is 2. The number of ketones is 1. The second-order valence-electron chi connectivity index (χ2n) is 2.52. The molecule has 4 nitrogen and oxygen atoms in total. The first-order valence-corrected chi connectivity index (χ1v) is 4.00. The summed E-state index contributed by atoms with van der Waals surface area (Å²) >= 11 is 0. The third-order valence-corrected chi connectivity index (χ3v) is 1.15. The van der Waals surface area contributed by atoms with Gasteiger partial charge < -0.3 is 9.47 Å². The predicted molar refractivity (Wildman–Crippen MR) is 47.3 cm³/mol. The minimum atomic E-state index is -0.481. The van der Waals surface area contributed by atoms with Crippen LogP contribution in [0.4, 0.5) is 0 Å². The van der Waals surface area contributed by atoms with Gasteiger partial charge in [0.05, 0.1) is 18.8 Å². The summed E-state index contributed by atoms with van der Waals surface area (Å²) in [5.41, 5.74) is 0.225. The quantitative estimate of drug-likeness (QED) is 0.453. The minimum Gasteiger partial charge on any atom is -0.463 e. The van der Waals surface area contributed by atoms with Gasteiger partial charge in [-0.3, -0.25) is 4.79 Å². The summed E-state index contributed by atoms with van der Waals surface area (Å²) in [6.45, 7) is 6.93. The zero-order chi connectivity index (χ0) is 10.3. The lowest BCUT2D eigenvalue weighted by atomic mass is 10.3. The van der Waals surface area contributed by atoms with Gasteiger partial charge in [-0.05, 0) is 13.8 Å². The number of esters is 1. The minimum absolute atomic E-state index is 0.00156. The van der Waals surface area contributed by atoms with Gasteiger partial charge in [0.1, 0.15) is 6.61 Å². The first-order valence-electron chi connectivity index (χ1n) is 4.00. The van der Waals surface area contributed by atoms with E-state index in [0.717, 1.165) is 0 Å². The molecule has 0 amide bonds. The van der Waals surface area contributed by atoms with E-state index in [9.17, 15) is 9.59 Å². The largest absolute Gasteiger partial charge is 0.463 e. The highest BCUT2D eigenvalue weighted by atomic mass is 16.5. The molecule has 0 aromatic rings. The van der Waals surface area contributed by atoms with Gasteiger partial charge in [0, 0.05) is 0 Å². The molecule has 4 heteroatoms. The van der Waals surface area contributed by atoms with Crippen LogP contribution in [-0.4, -0.2) is 31.6 Å². The highest BCUT2D eigenvalue weighted by Crippen LogP contribution is 1.95. The first kappa shape index (κ1) is 11.8. The highest BCUT2D eigenvalue weighted by Gasteiger charge is 2.07. The van der Waals surface area contributed by atoms with E-state index in [1.807, 2.05) is 0 Å². The average molecular weight is 186 g/mol. The molecule has 0 aliphatic carbocycles. The first-order chi connectivity index (χ1) is 6.07. The molecule has 0 heterocycles. The Hall–Kier alpha value is -1.16. The van der Waals surface area contributed by atoms with Crippen molar-refractivity contribution in [1.29, 1.82) is 0 Å². The van der Waals surface area contributed by atoms with Gasteiger partial charge in [-0.15, -0.1) is 0 Å². The van der Waals surface area contributed by atoms with E-state index >= 15 is 0 Å². The standard InChI is InChI=1S/C9H14O4/c1-4-13-9(11)7(2)5-12-6-8(3)10/h2,4-6H2,1,3H3. The Morgan fingerprint density at radius 2 is 1.92 bits per heavy atom. The molecule has 0 aromatic heterocycles. The van der Waals surface area contributed by atoms with Crippen LogP contribution in [0.2, 0.25) is 0 Å². The number of carbonyl (C=O) groups excluding carboxylic acids is 2. The lowest BCUT2D eigenvalue weighted by Gasteiger charge is -2.04. The molecule has 0 bridgehead atoms.